The van der Waals surface area contributed by atoms with Crippen LogP contribution in [0.15, 0.2) is 33.7 Å². The first-order chi connectivity index (χ1) is 9.85. The van der Waals surface area contributed by atoms with Crippen molar-refractivity contribution in [3.8, 4) is 0 Å². The quantitative estimate of drug-likeness (QED) is 0.921. The summed E-state index contributed by atoms with van der Waals surface area (Å²) in [6.45, 7) is 7.17. The van der Waals surface area contributed by atoms with Gasteiger partial charge in [0, 0.05) is 6.04 Å². The van der Waals surface area contributed by atoms with Crippen molar-refractivity contribution < 1.29 is 12.9 Å². The van der Waals surface area contributed by atoms with Crippen LogP contribution in [0.5, 0.6) is 0 Å². The van der Waals surface area contributed by atoms with Gasteiger partial charge in [0.15, 0.2) is 5.76 Å². The van der Waals surface area contributed by atoms with Gasteiger partial charge in [0.1, 0.15) is 10.6 Å². The highest BCUT2D eigenvalue weighted by atomic mass is 32.2. The van der Waals surface area contributed by atoms with Gasteiger partial charge in [-0.15, -0.1) is 0 Å². The van der Waals surface area contributed by atoms with Gasteiger partial charge in [-0.05, 0) is 32.8 Å². The lowest BCUT2D eigenvalue weighted by molar-refractivity contribution is 0.390. The summed E-state index contributed by atoms with van der Waals surface area (Å²) in [6, 6.07) is 7.56. The van der Waals surface area contributed by atoms with E-state index < -0.39 is 10.0 Å². The maximum Gasteiger partial charge on any atom is 0.246 e. The molecular weight excluding hydrogens is 288 g/mol. The minimum atomic E-state index is -3.65. The molecule has 2 rings (SSSR count). The summed E-state index contributed by atoms with van der Waals surface area (Å²) in [5.41, 5.74) is 2.46. The zero-order chi connectivity index (χ0) is 15.6. The van der Waals surface area contributed by atoms with Crippen molar-refractivity contribution in [2.75, 3.05) is 0 Å². The molecule has 0 radical (unpaired) electrons. The Hall–Kier alpha value is -1.66. The van der Waals surface area contributed by atoms with Crippen molar-refractivity contribution in [2.24, 2.45) is 0 Å². The summed E-state index contributed by atoms with van der Waals surface area (Å²) >= 11 is 0. The fourth-order valence-corrected chi connectivity index (χ4v) is 3.93. The van der Waals surface area contributed by atoms with Gasteiger partial charge >= 0.3 is 0 Å². The van der Waals surface area contributed by atoms with Crippen LogP contribution in [0.2, 0.25) is 0 Å². The number of rotatable bonds is 5. The maximum absolute atomic E-state index is 12.5. The first kappa shape index (κ1) is 15.7. The SMILES string of the molecule is CC[C@@H](NS(=O)(=O)c1c(C)noc1C)c1ccc(C)cc1. The second-order valence-electron chi connectivity index (χ2n) is 5.15. The summed E-state index contributed by atoms with van der Waals surface area (Å²) in [6.07, 6.45) is 0.658. The Bertz CT molecular complexity index is 698. The van der Waals surface area contributed by atoms with Crippen LogP contribution in [0.25, 0.3) is 0 Å². The van der Waals surface area contributed by atoms with Crippen LogP contribution in [-0.4, -0.2) is 13.6 Å². The van der Waals surface area contributed by atoms with Crippen molar-refractivity contribution in [1.29, 1.82) is 0 Å². The van der Waals surface area contributed by atoms with E-state index in [0.717, 1.165) is 11.1 Å². The first-order valence-electron chi connectivity index (χ1n) is 6.87. The summed E-state index contributed by atoms with van der Waals surface area (Å²) in [4.78, 5) is 0.132. The number of aromatic nitrogens is 1. The lowest BCUT2D eigenvalue weighted by Gasteiger charge is -2.17. The lowest BCUT2D eigenvalue weighted by atomic mass is 10.0. The molecule has 1 N–H and O–H groups in total. The van der Waals surface area contributed by atoms with Crippen molar-refractivity contribution in [1.82, 2.24) is 9.88 Å². The van der Waals surface area contributed by atoms with Crippen LogP contribution < -0.4 is 4.72 Å². The van der Waals surface area contributed by atoms with Gasteiger partial charge < -0.3 is 4.52 Å². The van der Waals surface area contributed by atoms with E-state index in [9.17, 15) is 8.42 Å². The van der Waals surface area contributed by atoms with Crippen molar-refractivity contribution >= 4 is 10.0 Å². The number of hydrogen-bond donors (Lipinski definition) is 1. The second kappa shape index (κ2) is 5.99. The molecule has 2 aromatic rings. The van der Waals surface area contributed by atoms with Crippen molar-refractivity contribution in [3.05, 3.63) is 46.8 Å². The Labute approximate surface area is 125 Å². The molecule has 6 heteroatoms. The largest absolute Gasteiger partial charge is 0.360 e. The fraction of sp³-hybridized carbons (Fsp3) is 0.400. The van der Waals surface area contributed by atoms with Crippen molar-refractivity contribution in [3.63, 3.8) is 0 Å². The smallest absolute Gasteiger partial charge is 0.246 e. The summed E-state index contributed by atoms with van der Waals surface area (Å²) < 4.78 is 32.8. The highest BCUT2D eigenvalue weighted by Crippen LogP contribution is 2.24. The van der Waals surface area contributed by atoms with E-state index in [0.29, 0.717) is 17.9 Å². The molecule has 1 aromatic heterocycles. The lowest BCUT2D eigenvalue weighted by Crippen LogP contribution is -2.29. The monoisotopic (exact) mass is 308 g/mol. The molecule has 5 nitrogen and oxygen atoms in total. The van der Waals surface area contributed by atoms with E-state index in [4.69, 9.17) is 4.52 Å². The molecule has 1 aromatic carbocycles. The predicted octanol–water partition coefficient (Wildman–Crippen LogP) is 3.03. The predicted molar refractivity (Wildman–Crippen MR) is 80.5 cm³/mol. The zero-order valence-electron chi connectivity index (χ0n) is 12.7. The third-order valence-electron chi connectivity index (χ3n) is 3.42. The van der Waals surface area contributed by atoms with E-state index in [1.54, 1.807) is 13.8 Å². The summed E-state index contributed by atoms with van der Waals surface area (Å²) in [5.74, 6) is 0.304. The van der Waals surface area contributed by atoms with E-state index in [1.807, 2.05) is 38.1 Å². The Morgan fingerprint density at radius 2 is 1.81 bits per heavy atom. The van der Waals surface area contributed by atoms with E-state index in [2.05, 4.69) is 9.88 Å². The Kier molecular flexibility index (Phi) is 4.49. The van der Waals surface area contributed by atoms with Crippen LogP contribution in [0.3, 0.4) is 0 Å². The van der Waals surface area contributed by atoms with Gasteiger partial charge in [-0.2, -0.15) is 0 Å². The Morgan fingerprint density at radius 1 is 1.19 bits per heavy atom. The molecule has 1 heterocycles. The molecule has 0 aliphatic carbocycles. The minimum absolute atomic E-state index is 0.132. The number of nitrogens with one attached hydrogen (secondary N) is 1. The molecule has 0 unspecified atom stereocenters. The molecule has 0 aliphatic heterocycles. The summed E-state index contributed by atoms with van der Waals surface area (Å²) in [5, 5.41) is 3.71. The third kappa shape index (κ3) is 3.33. The molecule has 0 saturated heterocycles. The maximum atomic E-state index is 12.5. The molecule has 0 amide bonds. The van der Waals surface area contributed by atoms with E-state index in [1.165, 1.54) is 0 Å². The average Bonchev–Trinajstić information content (AvgIpc) is 2.77. The van der Waals surface area contributed by atoms with Gasteiger partial charge in [0.05, 0.1) is 0 Å². The number of benzene rings is 1. The average molecular weight is 308 g/mol. The fourth-order valence-electron chi connectivity index (χ4n) is 2.29. The van der Waals surface area contributed by atoms with E-state index in [-0.39, 0.29) is 10.9 Å². The number of aryl methyl sites for hydroxylation is 3. The molecular formula is C15H20N2O3S. The molecule has 21 heavy (non-hydrogen) atoms. The zero-order valence-corrected chi connectivity index (χ0v) is 13.5. The highest BCUT2D eigenvalue weighted by molar-refractivity contribution is 7.89. The third-order valence-corrected chi connectivity index (χ3v) is 5.14. The number of hydrogen-bond acceptors (Lipinski definition) is 4. The van der Waals surface area contributed by atoms with Crippen molar-refractivity contribution in [2.45, 2.75) is 45.1 Å². The summed E-state index contributed by atoms with van der Waals surface area (Å²) in [7, 11) is -3.65. The molecule has 1 atom stereocenters. The Morgan fingerprint density at radius 3 is 2.29 bits per heavy atom. The number of nitrogens with zero attached hydrogens (tertiary/aromatic N) is 1. The topological polar surface area (TPSA) is 72.2 Å². The second-order valence-corrected chi connectivity index (χ2v) is 6.80. The molecule has 0 bridgehead atoms. The van der Waals surface area contributed by atoms with Gasteiger partial charge in [-0.3, -0.25) is 0 Å². The highest BCUT2D eigenvalue weighted by Gasteiger charge is 2.27. The van der Waals surface area contributed by atoms with Gasteiger partial charge in [-0.25, -0.2) is 13.1 Å². The molecule has 0 spiro atoms. The molecule has 0 fully saturated rings. The Balaban J connectivity index is 2.32. The first-order valence-corrected chi connectivity index (χ1v) is 8.35. The van der Waals surface area contributed by atoms with Gasteiger partial charge in [0.25, 0.3) is 0 Å². The molecule has 114 valence electrons. The van der Waals surface area contributed by atoms with E-state index >= 15 is 0 Å². The van der Waals surface area contributed by atoms with Crippen LogP contribution in [0, 0.1) is 20.8 Å². The minimum Gasteiger partial charge on any atom is -0.360 e. The normalized spacial score (nSPS) is 13.3. The molecule has 0 aliphatic rings. The van der Waals surface area contributed by atoms with Crippen LogP contribution in [-0.2, 0) is 10.0 Å². The molecule has 0 saturated carbocycles. The van der Waals surface area contributed by atoms with Gasteiger partial charge in [0.2, 0.25) is 10.0 Å². The van der Waals surface area contributed by atoms with Gasteiger partial charge in [-0.1, -0.05) is 41.9 Å². The van der Waals surface area contributed by atoms with Crippen LogP contribution in [0.4, 0.5) is 0 Å². The standard InChI is InChI=1S/C15H20N2O3S/c1-5-14(13-8-6-10(2)7-9-13)17-21(18,19)15-11(3)16-20-12(15)4/h6-9,14,17H,5H2,1-4H3/t14-/m1/s1. The van der Waals surface area contributed by atoms with Crippen LogP contribution >= 0.6 is 0 Å². The number of sulfonamides is 1. The van der Waals surface area contributed by atoms with Crippen LogP contribution in [0.1, 0.15) is 42.0 Å².